The molecule has 0 atom stereocenters. The smallest absolute Gasteiger partial charge is 0.357 e. The maximum atomic E-state index is 12.2. The maximum absolute atomic E-state index is 12.2. The zero-order valence-corrected chi connectivity index (χ0v) is 14.9. The van der Waals surface area contributed by atoms with E-state index >= 15 is 0 Å². The number of hydrogen-bond donors (Lipinski definition) is 0. The molecule has 3 heterocycles. The number of Topliss-reactive ketones (excluding diaryl/α,β-unsaturated/α-hetero) is 1. The highest BCUT2D eigenvalue weighted by Crippen LogP contribution is 2.19. The van der Waals surface area contributed by atoms with Crippen LogP contribution >= 0.6 is 11.3 Å². The van der Waals surface area contributed by atoms with Gasteiger partial charge in [-0.15, -0.1) is 11.3 Å². The fourth-order valence-corrected chi connectivity index (χ4v) is 3.38. The van der Waals surface area contributed by atoms with Crippen molar-refractivity contribution in [3.8, 4) is 0 Å². The van der Waals surface area contributed by atoms with Gasteiger partial charge in [-0.2, -0.15) is 0 Å². The number of pyridine rings is 1. The van der Waals surface area contributed by atoms with Gasteiger partial charge in [0.1, 0.15) is 5.69 Å². The Hall–Kier alpha value is -2.58. The molecule has 0 saturated carbocycles. The van der Waals surface area contributed by atoms with E-state index in [0.717, 1.165) is 4.88 Å². The molecule has 0 radical (unpaired) electrons. The molecule has 3 rings (SSSR count). The molecule has 0 unspecified atom stereocenters. The molecule has 1 saturated heterocycles. The minimum absolute atomic E-state index is 0.0238. The number of ketones is 1. The van der Waals surface area contributed by atoms with Crippen LogP contribution in [0.4, 0.5) is 0 Å². The number of hydrogen-bond acceptors (Lipinski definition) is 7. The van der Waals surface area contributed by atoms with Gasteiger partial charge in [0.2, 0.25) is 11.7 Å². The highest BCUT2D eigenvalue weighted by Gasteiger charge is 2.19. The van der Waals surface area contributed by atoms with Crippen molar-refractivity contribution in [1.82, 2.24) is 9.88 Å². The molecule has 0 spiro atoms. The summed E-state index contributed by atoms with van der Waals surface area (Å²) in [5, 5.41) is 0. The van der Waals surface area contributed by atoms with Crippen LogP contribution in [0.5, 0.6) is 0 Å². The largest absolute Gasteiger partial charge is 0.453 e. The highest BCUT2D eigenvalue weighted by atomic mass is 32.1. The highest BCUT2D eigenvalue weighted by molar-refractivity contribution is 7.14. The average molecular weight is 374 g/mol. The van der Waals surface area contributed by atoms with Crippen LogP contribution in [-0.4, -0.2) is 60.5 Å². The van der Waals surface area contributed by atoms with E-state index in [1.807, 2.05) is 0 Å². The third kappa shape index (κ3) is 4.74. The molecular formula is C18H18N2O5S. The summed E-state index contributed by atoms with van der Waals surface area (Å²) in [6.45, 7) is 1.95. The Kier molecular flexibility index (Phi) is 6.08. The Bertz CT molecular complexity index is 784. The lowest BCUT2D eigenvalue weighted by atomic mass is 10.2. The van der Waals surface area contributed by atoms with Crippen molar-refractivity contribution in [2.75, 3.05) is 32.9 Å². The molecule has 2 aromatic heterocycles. The second-order valence-corrected chi connectivity index (χ2v) is 6.82. The van der Waals surface area contributed by atoms with Gasteiger partial charge in [0.15, 0.2) is 6.61 Å². The van der Waals surface area contributed by atoms with Crippen molar-refractivity contribution in [3.05, 3.63) is 52.0 Å². The van der Waals surface area contributed by atoms with Gasteiger partial charge >= 0.3 is 5.97 Å². The van der Waals surface area contributed by atoms with Crippen molar-refractivity contribution < 1.29 is 23.9 Å². The minimum Gasteiger partial charge on any atom is -0.453 e. The summed E-state index contributed by atoms with van der Waals surface area (Å²) in [4.78, 5) is 43.1. The van der Waals surface area contributed by atoms with Crippen LogP contribution < -0.4 is 0 Å². The van der Waals surface area contributed by atoms with Crippen LogP contribution in [0.15, 0.2) is 36.5 Å². The Morgan fingerprint density at radius 2 is 1.96 bits per heavy atom. The molecule has 2 aromatic rings. The summed E-state index contributed by atoms with van der Waals surface area (Å²) >= 11 is 1.25. The third-order valence-electron chi connectivity index (χ3n) is 3.83. The number of carbonyl (C=O) groups is 3. The van der Waals surface area contributed by atoms with Crippen molar-refractivity contribution in [2.45, 2.75) is 6.42 Å². The summed E-state index contributed by atoms with van der Waals surface area (Å²) in [6, 6.07) is 8.30. The molecule has 0 aromatic carbocycles. The monoisotopic (exact) mass is 374 g/mol. The molecule has 1 aliphatic heterocycles. The normalized spacial score (nSPS) is 14.1. The minimum atomic E-state index is -0.641. The number of aromatic nitrogens is 1. The first-order valence-electron chi connectivity index (χ1n) is 8.19. The summed E-state index contributed by atoms with van der Waals surface area (Å²) in [5.41, 5.74) is 0.156. The van der Waals surface area contributed by atoms with Gasteiger partial charge in [-0.1, -0.05) is 6.07 Å². The lowest BCUT2D eigenvalue weighted by Gasteiger charge is -2.26. The fraction of sp³-hybridized carbons (Fsp3) is 0.333. The second-order valence-electron chi connectivity index (χ2n) is 5.65. The summed E-state index contributed by atoms with van der Waals surface area (Å²) in [5.74, 6) is -0.918. The molecular weight excluding hydrogens is 356 g/mol. The SMILES string of the molecule is O=C(OCC(=O)c1ccc(CC(=O)N2CCOCC2)s1)c1ccccn1. The fourth-order valence-electron chi connectivity index (χ4n) is 2.46. The summed E-state index contributed by atoms with van der Waals surface area (Å²) in [6.07, 6.45) is 1.74. The third-order valence-corrected chi connectivity index (χ3v) is 4.96. The van der Waals surface area contributed by atoms with Crippen molar-refractivity contribution >= 4 is 29.0 Å². The number of thiophene rings is 1. The van der Waals surface area contributed by atoms with Gasteiger partial charge in [0.05, 0.1) is 24.5 Å². The maximum Gasteiger partial charge on any atom is 0.357 e. The van der Waals surface area contributed by atoms with Gasteiger partial charge < -0.3 is 14.4 Å². The molecule has 1 amide bonds. The molecule has 1 aliphatic rings. The first kappa shape index (κ1) is 18.2. The van der Waals surface area contributed by atoms with E-state index in [1.165, 1.54) is 23.6 Å². The molecule has 8 heteroatoms. The molecule has 7 nitrogen and oxygen atoms in total. The predicted molar refractivity (Wildman–Crippen MR) is 94.3 cm³/mol. The van der Waals surface area contributed by atoms with Gasteiger partial charge in [-0.25, -0.2) is 9.78 Å². The number of morpholine rings is 1. The van der Waals surface area contributed by atoms with Crippen molar-refractivity contribution in [2.24, 2.45) is 0 Å². The number of amides is 1. The van der Waals surface area contributed by atoms with Crippen molar-refractivity contribution in [1.29, 1.82) is 0 Å². The Labute approximate surface area is 154 Å². The molecule has 1 fully saturated rings. The second kappa shape index (κ2) is 8.68. The number of nitrogens with zero attached hydrogens (tertiary/aromatic N) is 2. The van der Waals surface area contributed by atoms with E-state index in [2.05, 4.69) is 4.98 Å². The van der Waals surface area contributed by atoms with Crippen LogP contribution in [-0.2, 0) is 20.7 Å². The topological polar surface area (TPSA) is 85.8 Å². The number of esters is 1. The van der Waals surface area contributed by atoms with E-state index in [4.69, 9.17) is 9.47 Å². The average Bonchev–Trinajstić information content (AvgIpc) is 3.15. The van der Waals surface area contributed by atoms with Crippen LogP contribution in [0.2, 0.25) is 0 Å². The van der Waals surface area contributed by atoms with E-state index in [0.29, 0.717) is 31.2 Å². The van der Waals surface area contributed by atoms with Crippen LogP contribution in [0.25, 0.3) is 0 Å². The van der Waals surface area contributed by atoms with Crippen LogP contribution in [0, 0.1) is 0 Å². The Balaban J connectivity index is 1.51. The quantitative estimate of drug-likeness (QED) is 0.564. The molecule has 26 heavy (non-hydrogen) atoms. The first-order valence-corrected chi connectivity index (χ1v) is 9.01. The van der Waals surface area contributed by atoms with Gasteiger partial charge in [-0.05, 0) is 24.3 Å². The molecule has 0 aliphatic carbocycles. The van der Waals surface area contributed by atoms with E-state index in [1.54, 1.807) is 29.2 Å². The molecule has 0 N–H and O–H groups in total. The molecule has 0 bridgehead atoms. The summed E-state index contributed by atoms with van der Waals surface area (Å²) in [7, 11) is 0. The summed E-state index contributed by atoms with van der Waals surface area (Å²) < 4.78 is 10.2. The zero-order chi connectivity index (χ0) is 18.4. The Morgan fingerprint density at radius 1 is 1.15 bits per heavy atom. The lowest BCUT2D eigenvalue weighted by Crippen LogP contribution is -2.41. The van der Waals surface area contributed by atoms with Gasteiger partial charge in [0.25, 0.3) is 0 Å². The lowest BCUT2D eigenvalue weighted by molar-refractivity contribution is -0.134. The van der Waals surface area contributed by atoms with Crippen molar-refractivity contribution in [3.63, 3.8) is 0 Å². The zero-order valence-electron chi connectivity index (χ0n) is 14.1. The molecule has 136 valence electrons. The van der Waals surface area contributed by atoms with Gasteiger partial charge in [-0.3, -0.25) is 9.59 Å². The van der Waals surface area contributed by atoms with E-state index in [-0.39, 0.29) is 30.4 Å². The van der Waals surface area contributed by atoms with E-state index < -0.39 is 5.97 Å². The number of carbonyl (C=O) groups excluding carboxylic acids is 3. The predicted octanol–water partition coefficient (Wildman–Crippen LogP) is 1.58. The number of ether oxygens (including phenoxy) is 2. The number of rotatable bonds is 6. The van der Waals surface area contributed by atoms with E-state index in [9.17, 15) is 14.4 Å². The van der Waals surface area contributed by atoms with Crippen LogP contribution in [0.3, 0.4) is 0 Å². The van der Waals surface area contributed by atoms with Gasteiger partial charge in [0, 0.05) is 24.2 Å². The Morgan fingerprint density at radius 3 is 2.69 bits per heavy atom. The van der Waals surface area contributed by atoms with Crippen LogP contribution in [0.1, 0.15) is 25.0 Å². The standard InChI is InChI=1S/C18H18N2O5S/c21-15(12-25-18(23)14-3-1-2-6-19-14)16-5-4-13(26-16)11-17(22)20-7-9-24-10-8-20/h1-6H,7-12H2. The first-order chi connectivity index (χ1) is 12.6.